The first-order valence-electron chi connectivity index (χ1n) is 7.21. The normalized spacial score (nSPS) is 12.2. The van der Waals surface area contributed by atoms with E-state index in [1.165, 1.54) is 0 Å². The summed E-state index contributed by atoms with van der Waals surface area (Å²) in [6, 6.07) is 7.76. The Labute approximate surface area is 139 Å². The number of anilines is 1. The van der Waals surface area contributed by atoms with Gasteiger partial charge in [0.2, 0.25) is 0 Å². The molecular weight excluding hydrogens is 314 g/mol. The molecule has 0 aliphatic rings. The molecule has 0 bridgehead atoms. The molecule has 1 atom stereocenters. The lowest BCUT2D eigenvalue weighted by molar-refractivity contribution is 0.246. The van der Waals surface area contributed by atoms with Gasteiger partial charge in [0.15, 0.2) is 4.34 Å². The second kappa shape index (κ2) is 7.65. The van der Waals surface area contributed by atoms with Crippen LogP contribution in [0.4, 0.5) is 10.5 Å². The zero-order chi connectivity index (χ0) is 16.1. The van der Waals surface area contributed by atoms with Crippen LogP contribution in [0.5, 0.6) is 0 Å². The fourth-order valence-electron chi connectivity index (χ4n) is 1.63. The number of thiazole rings is 1. The largest absolute Gasteiger partial charge is 0.335 e. The fraction of sp³-hybridized carbons (Fsp3) is 0.375. The third-order valence-corrected chi connectivity index (χ3v) is 5.34. The van der Waals surface area contributed by atoms with Crippen molar-refractivity contribution in [1.29, 1.82) is 0 Å². The summed E-state index contributed by atoms with van der Waals surface area (Å²) in [6.07, 6.45) is 0. The average Bonchev–Trinajstić information content (AvgIpc) is 2.86. The Bertz CT molecular complexity index is 623. The lowest BCUT2D eigenvalue weighted by Gasteiger charge is -2.17. The molecule has 0 aliphatic heterocycles. The van der Waals surface area contributed by atoms with Gasteiger partial charge in [-0.25, -0.2) is 9.78 Å². The summed E-state index contributed by atoms with van der Waals surface area (Å²) in [4.78, 5) is 17.4. The van der Waals surface area contributed by atoms with Crippen molar-refractivity contribution in [2.45, 2.75) is 43.0 Å². The smallest absolute Gasteiger partial charge is 0.319 e. The van der Waals surface area contributed by atoms with E-state index in [4.69, 9.17) is 0 Å². The summed E-state index contributed by atoms with van der Waals surface area (Å²) < 4.78 is 1.03. The molecule has 0 radical (unpaired) electrons. The number of nitrogens with one attached hydrogen (secondary N) is 2. The van der Waals surface area contributed by atoms with Gasteiger partial charge in [0.25, 0.3) is 0 Å². The van der Waals surface area contributed by atoms with Crippen LogP contribution in [0.15, 0.2) is 38.9 Å². The van der Waals surface area contributed by atoms with Gasteiger partial charge in [0.05, 0.1) is 0 Å². The van der Waals surface area contributed by atoms with Crippen LogP contribution in [0.25, 0.3) is 0 Å². The molecule has 22 heavy (non-hydrogen) atoms. The van der Waals surface area contributed by atoms with Gasteiger partial charge in [0.1, 0.15) is 0 Å². The fourth-order valence-corrected chi connectivity index (χ4v) is 3.44. The van der Waals surface area contributed by atoms with Gasteiger partial charge >= 0.3 is 6.03 Å². The van der Waals surface area contributed by atoms with Crippen molar-refractivity contribution in [3.63, 3.8) is 0 Å². The van der Waals surface area contributed by atoms with Crippen molar-refractivity contribution in [3.8, 4) is 0 Å². The zero-order valence-corrected chi connectivity index (χ0v) is 14.8. The van der Waals surface area contributed by atoms with Gasteiger partial charge in [-0.2, -0.15) is 0 Å². The summed E-state index contributed by atoms with van der Waals surface area (Å²) in [5.74, 6) is 0.409. The highest BCUT2D eigenvalue weighted by molar-refractivity contribution is 8.01. The van der Waals surface area contributed by atoms with Gasteiger partial charge in [-0.3, -0.25) is 0 Å². The Morgan fingerprint density at radius 2 is 1.91 bits per heavy atom. The molecular formula is C16H21N3OS2. The van der Waals surface area contributed by atoms with Crippen molar-refractivity contribution >= 4 is 34.8 Å². The van der Waals surface area contributed by atoms with E-state index in [0.29, 0.717) is 5.92 Å². The summed E-state index contributed by atoms with van der Waals surface area (Å²) in [7, 11) is 0. The predicted molar refractivity (Wildman–Crippen MR) is 93.9 cm³/mol. The summed E-state index contributed by atoms with van der Waals surface area (Å²) in [5, 5.41) is 7.81. The van der Waals surface area contributed by atoms with Gasteiger partial charge in [-0.1, -0.05) is 25.6 Å². The lowest BCUT2D eigenvalue weighted by atomic mass is 10.1. The van der Waals surface area contributed by atoms with Crippen molar-refractivity contribution in [1.82, 2.24) is 10.3 Å². The van der Waals surface area contributed by atoms with Gasteiger partial charge < -0.3 is 10.6 Å². The number of benzene rings is 1. The molecule has 118 valence electrons. The molecule has 0 aliphatic carbocycles. The van der Waals surface area contributed by atoms with Crippen molar-refractivity contribution in [2.75, 3.05) is 5.32 Å². The molecule has 1 heterocycles. The quantitative estimate of drug-likeness (QED) is 0.827. The van der Waals surface area contributed by atoms with E-state index in [0.717, 1.165) is 20.6 Å². The van der Waals surface area contributed by atoms with E-state index in [1.807, 2.05) is 43.5 Å². The average molecular weight is 335 g/mol. The Morgan fingerprint density at radius 3 is 2.45 bits per heavy atom. The van der Waals surface area contributed by atoms with Crippen LogP contribution >= 0.6 is 23.1 Å². The van der Waals surface area contributed by atoms with Gasteiger partial charge in [-0.05, 0) is 44.0 Å². The van der Waals surface area contributed by atoms with Crippen LogP contribution in [0, 0.1) is 12.8 Å². The number of rotatable bonds is 5. The minimum Gasteiger partial charge on any atom is -0.335 e. The van der Waals surface area contributed by atoms with E-state index >= 15 is 0 Å². The standard InChI is InChI=1S/C16H21N3OS2/c1-10(2)12(4)18-15(20)19-13-5-7-14(8-6-13)22-16-17-11(3)9-21-16/h5-10,12H,1-4H3,(H2,18,19,20). The first-order valence-corrected chi connectivity index (χ1v) is 8.91. The predicted octanol–water partition coefficient (Wildman–Crippen LogP) is 4.77. The molecule has 1 aromatic carbocycles. The number of aromatic nitrogens is 1. The zero-order valence-electron chi connectivity index (χ0n) is 13.2. The number of nitrogens with zero attached hydrogens (tertiary/aromatic N) is 1. The minimum absolute atomic E-state index is 0.142. The maximum atomic E-state index is 11.9. The van der Waals surface area contributed by atoms with Crippen LogP contribution < -0.4 is 10.6 Å². The SMILES string of the molecule is Cc1csc(Sc2ccc(NC(=O)NC(C)C(C)C)cc2)n1. The molecule has 2 amide bonds. The van der Waals surface area contributed by atoms with Crippen LogP contribution in [-0.4, -0.2) is 17.1 Å². The minimum atomic E-state index is -0.169. The Kier molecular flexibility index (Phi) is 5.85. The Morgan fingerprint density at radius 1 is 1.23 bits per heavy atom. The maximum Gasteiger partial charge on any atom is 0.319 e. The van der Waals surface area contributed by atoms with E-state index in [-0.39, 0.29) is 12.1 Å². The lowest BCUT2D eigenvalue weighted by Crippen LogP contribution is -2.38. The molecule has 0 saturated heterocycles. The number of aryl methyl sites for hydroxylation is 1. The molecule has 0 fully saturated rings. The highest BCUT2D eigenvalue weighted by atomic mass is 32.2. The molecule has 1 unspecified atom stereocenters. The first-order chi connectivity index (χ1) is 10.4. The number of carbonyl (C=O) groups excluding carboxylic acids is 1. The molecule has 1 aromatic heterocycles. The summed E-state index contributed by atoms with van der Waals surface area (Å²) >= 11 is 3.27. The topological polar surface area (TPSA) is 54.0 Å². The van der Waals surface area contributed by atoms with E-state index in [9.17, 15) is 4.79 Å². The third kappa shape index (κ3) is 5.03. The first kappa shape index (κ1) is 16.8. The van der Waals surface area contributed by atoms with Crippen LogP contribution in [0.1, 0.15) is 26.5 Å². The maximum absolute atomic E-state index is 11.9. The third-order valence-electron chi connectivity index (χ3n) is 3.27. The monoisotopic (exact) mass is 335 g/mol. The van der Waals surface area contributed by atoms with Crippen molar-refractivity contribution in [2.24, 2.45) is 5.92 Å². The molecule has 0 spiro atoms. The molecule has 6 heteroatoms. The highest BCUT2D eigenvalue weighted by Crippen LogP contribution is 2.30. The number of amides is 2. The van der Waals surface area contributed by atoms with Crippen LogP contribution in [-0.2, 0) is 0 Å². The second-order valence-electron chi connectivity index (χ2n) is 5.51. The van der Waals surface area contributed by atoms with Crippen LogP contribution in [0.2, 0.25) is 0 Å². The molecule has 2 rings (SSSR count). The molecule has 0 saturated carbocycles. The number of carbonyl (C=O) groups is 1. The second-order valence-corrected chi connectivity index (χ2v) is 7.69. The molecule has 4 nitrogen and oxygen atoms in total. The molecule has 2 N–H and O–H groups in total. The Hall–Kier alpha value is -1.53. The van der Waals surface area contributed by atoms with E-state index in [1.54, 1.807) is 23.1 Å². The number of hydrogen-bond donors (Lipinski definition) is 2. The number of hydrogen-bond acceptors (Lipinski definition) is 4. The summed E-state index contributed by atoms with van der Waals surface area (Å²) in [6.45, 7) is 8.15. The highest BCUT2D eigenvalue weighted by Gasteiger charge is 2.10. The van der Waals surface area contributed by atoms with Crippen molar-refractivity contribution < 1.29 is 4.79 Å². The number of urea groups is 1. The molecule has 2 aromatic rings. The van der Waals surface area contributed by atoms with Crippen LogP contribution in [0.3, 0.4) is 0 Å². The van der Waals surface area contributed by atoms with Gasteiger partial charge in [0, 0.05) is 27.7 Å². The van der Waals surface area contributed by atoms with Crippen molar-refractivity contribution in [3.05, 3.63) is 35.3 Å². The summed E-state index contributed by atoms with van der Waals surface area (Å²) in [5.41, 5.74) is 1.83. The Balaban J connectivity index is 1.90. The van der Waals surface area contributed by atoms with Gasteiger partial charge in [-0.15, -0.1) is 11.3 Å². The van der Waals surface area contributed by atoms with E-state index < -0.39 is 0 Å². The van der Waals surface area contributed by atoms with E-state index in [2.05, 4.69) is 29.5 Å².